The van der Waals surface area contributed by atoms with Crippen LogP contribution in [0.5, 0.6) is 0 Å². The molecule has 1 aromatic carbocycles. The average molecular weight is 304 g/mol. The van der Waals surface area contributed by atoms with Crippen molar-refractivity contribution in [1.29, 1.82) is 0 Å². The van der Waals surface area contributed by atoms with Crippen LogP contribution in [0.4, 0.5) is 11.4 Å². The van der Waals surface area contributed by atoms with Crippen molar-refractivity contribution < 1.29 is 0 Å². The van der Waals surface area contributed by atoms with Crippen molar-refractivity contribution in [2.45, 2.75) is 42.9 Å². The molecule has 1 unspecified atom stereocenters. The zero-order chi connectivity index (χ0) is 14.2. The predicted octanol–water partition coefficient (Wildman–Crippen LogP) is 5.57. The maximum Gasteiger partial charge on any atom is 0.0807 e. The molecule has 1 aromatic heterocycles. The molecule has 1 aliphatic rings. The Morgan fingerprint density at radius 2 is 2.20 bits per heavy atom. The normalized spacial score (nSPS) is 20.1. The van der Waals surface area contributed by atoms with E-state index in [9.17, 15) is 0 Å². The lowest BCUT2D eigenvalue weighted by Crippen LogP contribution is -2.36. The molecule has 20 heavy (non-hydrogen) atoms. The van der Waals surface area contributed by atoms with Gasteiger partial charge in [-0.15, -0.1) is 11.3 Å². The number of thiophene rings is 1. The molecular weight excluding hydrogens is 284 g/mol. The minimum atomic E-state index is 0.188. The lowest BCUT2D eigenvalue weighted by molar-refractivity contribution is 0.454. The maximum absolute atomic E-state index is 3.63. The largest absolute Gasteiger partial charge is 0.380 e. The second-order valence-corrected chi connectivity index (χ2v) is 8.11. The van der Waals surface area contributed by atoms with Crippen LogP contribution in [-0.2, 0) is 0 Å². The second kappa shape index (κ2) is 5.34. The quantitative estimate of drug-likeness (QED) is 0.725. The molecule has 0 spiro atoms. The van der Waals surface area contributed by atoms with Crippen molar-refractivity contribution in [3.63, 3.8) is 0 Å². The van der Waals surface area contributed by atoms with Crippen LogP contribution < -0.4 is 10.0 Å². The van der Waals surface area contributed by atoms with Crippen LogP contribution in [-0.4, -0.2) is 5.54 Å². The van der Waals surface area contributed by atoms with Crippen LogP contribution in [0.2, 0.25) is 0 Å². The Kier molecular flexibility index (Phi) is 3.69. The monoisotopic (exact) mass is 304 g/mol. The fourth-order valence-corrected chi connectivity index (χ4v) is 4.29. The van der Waals surface area contributed by atoms with Crippen molar-refractivity contribution in [3.8, 4) is 0 Å². The summed E-state index contributed by atoms with van der Waals surface area (Å²) in [6.07, 6.45) is 1.17. The first-order valence-corrected chi connectivity index (χ1v) is 8.62. The number of nitrogens with one attached hydrogen (secondary N) is 2. The van der Waals surface area contributed by atoms with Crippen molar-refractivity contribution in [2.24, 2.45) is 0 Å². The van der Waals surface area contributed by atoms with Gasteiger partial charge >= 0.3 is 0 Å². The number of anilines is 2. The third kappa shape index (κ3) is 2.96. The van der Waals surface area contributed by atoms with Gasteiger partial charge in [0.05, 0.1) is 4.21 Å². The molecule has 2 N–H and O–H groups in total. The van der Waals surface area contributed by atoms with Gasteiger partial charge in [0.2, 0.25) is 0 Å². The van der Waals surface area contributed by atoms with E-state index in [0.717, 1.165) is 0 Å². The Hall–Kier alpha value is -1.13. The highest BCUT2D eigenvalue weighted by atomic mass is 32.2. The summed E-state index contributed by atoms with van der Waals surface area (Å²) in [6, 6.07) is 10.8. The van der Waals surface area contributed by atoms with E-state index in [1.165, 1.54) is 27.6 Å². The zero-order valence-corrected chi connectivity index (χ0v) is 13.7. The summed E-state index contributed by atoms with van der Waals surface area (Å²) in [5.41, 5.74) is 4.06. The number of fused-ring (bicyclic) bond motifs is 1. The first-order chi connectivity index (χ1) is 9.53. The molecule has 2 nitrogen and oxygen atoms in total. The number of rotatable bonds is 3. The van der Waals surface area contributed by atoms with Crippen LogP contribution in [0.1, 0.15) is 38.7 Å². The number of hydrogen-bond donors (Lipinski definition) is 2. The fourth-order valence-electron chi connectivity index (χ4n) is 2.87. The van der Waals surface area contributed by atoms with Gasteiger partial charge in [-0.2, -0.15) is 0 Å². The highest BCUT2D eigenvalue weighted by molar-refractivity contribution is 8.02. The molecule has 0 aliphatic carbocycles. The summed E-state index contributed by atoms with van der Waals surface area (Å²) in [7, 11) is 0. The highest BCUT2D eigenvalue weighted by Crippen LogP contribution is 2.40. The lowest BCUT2D eigenvalue weighted by Gasteiger charge is -2.37. The summed E-state index contributed by atoms with van der Waals surface area (Å²) in [6.45, 7) is 6.86. The molecule has 4 heteroatoms. The molecule has 0 bridgehead atoms. The van der Waals surface area contributed by atoms with Crippen LogP contribution in [0.15, 0.2) is 39.9 Å². The minimum absolute atomic E-state index is 0.188. The van der Waals surface area contributed by atoms with E-state index >= 15 is 0 Å². The van der Waals surface area contributed by atoms with Gasteiger partial charge in [0.15, 0.2) is 0 Å². The summed E-state index contributed by atoms with van der Waals surface area (Å²) in [5, 5.41) is 5.73. The number of benzene rings is 1. The van der Waals surface area contributed by atoms with Gasteiger partial charge in [-0.1, -0.05) is 13.0 Å². The van der Waals surface area contributed by atoms with E-state index in [1.807, 2.05) is 0 Å². The van der Waals surface area contributed by atoms with Crippen molar-refractivity contribution in [1.82, 2.24) is 0 Å². The van der Waals surface area contributed by atoms with Gasteiger partial charge < -0.3 is 10.0 Å². The summed E-state index contributed by atoms with van der Waals surface area (Å²) in [4.78, 5) is 0. The Morgan fingerprint density at radius 3 is 2.95 bits per heavy atom. The molecule has 0 saturated heterocycles. The van der Waals surface area contributed by atoms with Gasteiger partial charge in [0.1, 0.15) is 0 Å². The third-order valence-corrected chi connectivity index (χ3v) is 5.51. The standard InChI is InChI=1S/C16H20N2S2/c1-11-10-16(2,3)17-14-7-6-12(9-13(11)14)18-20-15-5-4-8-19-15/h4-9,11,17-18H,10H2,1-3H3. The molecule has 106 valence electrons. The van der Waals surface area contributed by atoms with Gasteiger partial charge in [0.25, 0.3) is 0 Å². The first-order valence-electron chi connectivity index (χ1n) is 6.92. The average Bonchev–Trinajstić information content (AvgIpc) is 2.88. The van der Waals surface area contributed by atoms with E-state index in [4.69, 9.17) is 0 Å². The van der Waals surface area contributed by atoms with Gasteiger partial charge in [0, 0.05) is 16.9 Å². The molecule has 0 saturated carbocycles. The third-order valence-electron chi connectivity index (χ3n) is 3.64. The molecule has 2 aromatic rings. The van der Waals surface area contributed by atoms with Crippen LogP contribution in [0.3, 0.4) is 0 Å². The predicted molar refractivity (Wildman–Crippen MR) is 91.0 cm³/mol. The van der Waals surface area contributed by atoms with Crippen LogP contribution >= 0.6 is 23.3 Å². The Labute approximate surface area is 129 Å². The van der Waals surface area contributed by atoms with Crippen molar-refractivity contribution >= 4 is 34.7 Å². The van der Waals surface area contributed by atoms with E-state index < -0.39 is 0 Å². The smallest absolute Gasteiger partial charge is 0.0807 e. The summed E-state index contributed by atoms with van der Waals surface area (Å²) in [5.74, 6) is 0.592. The molecule has 1 atom stereocenters. The molecule has 0 fully saturated rings. The zero-order valence-electron chi connectivity index (χ0n) is 12.1. The lowest BCUT2D eigenvalue weighted by atomic mass is 9.82. The van der Waals surface area contributed by atoms with E-state index in [0.29, 0.717) is 5.92 Å². The highest BCUT2D eigenvalue weighted by Gasteiger charge is 2.29. The van der Waals surface area contributed by atoms with Gasteiger partial charge in [-0.3, -0.25) is 0 Å². The topological polar surface area (TPSA) is 24.1 Å². The maximum atomic E-state index is 3.63. The van der Waals surface area contributed by atoms with Crippen LogP contribution in [0, 0.1) is 0 Å². The molecule has 0 amide bonds. The first kappa shape index (κ1) is 13.8. The Morgan fingerprint density at radius 1 is 1.35 bits per heavy atom. The van der Waals surface area contributed by atoms with E-state index in [-0.39, 0.29) is 5.54 Å². The summed E-state index contributed by atoms with van der Waals surface area (Å²) < 4.78 is 4.72. The van der Waals surface area contributed by atoms with Gasteiger partial charge in [-0.05, 0) is 73.3 Å². The molecular formula is C16H20N2S2. The van der Waals surface area contributed by atoms with E-state index in [1.54, 1.807) is 23.3 Å². The molecule has 2 heterocycles. The Balaban J connectivity index is 1.77. The fraction of sp³-hybridized carbons (Fsp3) is 0.375. The van der Waals surface area contributed by atoms with Gasteiger partial charge in [-0.25, -0.2) is 0 Å². The van der Waals surface area contributed by atoms with E-state index in [2.05, 4.69) is 66.5 Å². The Bertz CT molecular complexity index is 591. The minimum Gasteiger partial charge on any atom is -0.380 e. The van der Waals surface area contributed by atoms with Crippen LogP contribution in [0.25, 0.3) is 0 Å². The molecule has 1 aliphatic heterocycles. The van der Waals surface area contributed by atoms with Crippen molar-refractivity contribution in [3.05, 3.63) is 41.3 Å². The summed E-state index contributed by atoms with van der Waals surface area (Å²) >= 11 is 3.44. The molecule has 0 radical (unpaired) electrons. The van der Waals surface area contributed by atoms with Crippen molar-refractivity contribution in [2.75, 3.05) is 10.0 Å². The molecule has 3 rings (SSSR count). The number of hydrogen-bond acceptors (Lipinski definition) is 4. The second-order valence-electron chi connectivity index (χ2n) is 6.05. The SMILES string of the molecule is CC1CC(C)(C)Nc2ccc(NSc3cccs3)cc21.